The Hall–Kier alpha value is -1.23. The van der Waals surface area contributed by atoms with Gasteiger partial charge >= 0.3 is 5.97 Å². The van der Waals surface area contributed by atoms with E-state index in [-0.39, 0.29) is 5.75 Å². The molecular weight excluding hydrogens is 224 g/mol. The molecule has 0 aliphatic rings. The maximum atomic E-state index is 11.1. The summed E-state index contributed by atoms with van der Waals surface area (Å²) in [4.78, 5) is 15.1. The fourth-order valence-corrected chi connectivity index (χ4v) is 1.64. The van der Waals surface area contributed by atoms with Crippen molar-refractivity contribution in [3.05, 3.63) is 23.4 Å². The van der Waals surface area contributed by atoms with Gasteiger partial charge in [-0.2, -0.15) is 12.6 Å². The topological polar surface area (TPSA) is 76.2 Å². The Bertz CT molecular complexity index is 409. The van der Waals surface area contributed by atoms with E-state index in [1.807, 2.05) is 13.0 Å². The molecule has 16 heavy (non-hydrogen) atoms. The van der Waals surface area contributed by atoms with Crippen LogP contribution in [0.5, 0.6) is 0 Å². The molecule has 0 aliphatic heterocycles. The fourth-order valence-electron chi connectivity index (χ4n) is 1.39. The molecule has 0 aliphatic carbocycles. The molecular formula is C11H16N2O2S. The Morgan fingerprint density at radius 2 is 2.31 bits per heavy atom. The summed E-state index contributed by atoms with van der Waals surface area (Å²) in [7, 11) is 0. The van der Waals surface area contributed by atoms with Crippen LogP contribution < -0.4 is 5.73 Å². The number of aliphatic carboxylic acids is 1. The van der Waals surface area contributed by atoms with E-state index in [1.165, 1.54) is 0 Å². The Balaban J connectivity index is 2.95. The predicted molar refractivity (Wildman–Crippen MR) is 66.7 cm³/mol. The largest absolute Gasteiger partial charge is 0.481 e. The number of thiol groups is 1. The number of carboxylic acids is 1. The van der Waals surface area contributed by atoms with Gasteiger partial charge in [0.15, 0.2) is 0 Å². The van der Waals surface area contributed by atoms with E-state index in [0.29, 0.717) is 12.2 Å². The van der Waals surface area contributed by atoms with E-state index in [0.717, 1.165) is 11.1 Å². The molecule has 4 nitrogen and oxygen atoms in total. The van der Waals surface area contributed by atoms with E-state index >= 15 is 0 Å². The lowest BCUT2D eigenvalue weighted by molar-refractivity contribution is -0.146. The summed E-state index contributed by atoms with van der Waals surface area (Å²) < 4.78 is 0. The molecule has 1 heterocycles. The lowest BCUT2D eigenvalue weighted by Gasteiger charge is -2.22. The summed E-state index contributed by atoms with van der Waals surface area (Å²) in [6.07, 6.45) is 2.02. The van der Waals surface area contributed by atoms with Gasteiger partial charge in [0.25, 0.3) is 0 Å². The molecule has 1 rings (SSSR count). The van der Waals surface area contributed by atoms with Gasteiger partial charge < -0.3 is 10.8 Å². The van der Waals surface area contributed by atoms with Crippen molar-refractivity contribution in [3.8, 4) is 0 Å². The number of pyridine rings is 1. The molecule has 1 aromatic heterocycles. The lowest BCUT2D eigenvalue weighted by atomic mass is 9.86. The molecule has 0 bridgehead atoms. The van der Waals surface area contributed by atoms with Crippen LogP contribution in [-0.4, -0.2) is 21.8 Å². The molecule has 3 N–H and O–H groups in total. The Morgan fingerprint density at radius 1 is 1.69 bits per heavy atom. The van der Waals surface area contributed by atoms with E-state index in [9.17, 15) is 4.79 Å². The zero-order valence-corrected chi connectivity index (χ0v) is 10.3. The standard InChI is InChI=1S/C11H16N2O2S/c1-7-3-8(5-13-9(7)12)4-11(2,6-16)10(14)15/h3,5,16H,4,6H2,1-2H3,(H2,12,13)(H,14,15). The van der Waals surface area contributed by atoms with Gasteiger partial charge in [-0.1, -0.05) is 6.07 Å². The zero-order chi connectivity index (χ0) is 12.3. The number of nitrogens with two attached hydrogens (primary N) is 1. The average Bonchev–Trinajstić information content (AvgIpc) is 2.23. The zero-order valence-electron chi connectivity index (χ0n) is 9.40. The first-order chi connectivity index (χ1) is 7.39. The first-order valence-electron chi connectivity index (χ1n) is 4.94. The number of hydrogen-bond donors (Lipinski definition) is 3. The van der Waals surface area contributed by atoms with E-state index in [1.54, 1.807) is 13.1 Å². The molecule has 88 valence electrons. The second-order valence-corrected chi connectivity index (χ2v) is 4.56. The van der Waals surface area contributed by atoms with Crippen molar-refractivity contribution in [2.45, 2.75) is 20.3 Å². The van der Waals surface area contributed by atoms with Gasteiger partial charge in [-0.05, 0) is 31.4 Å². The van der Waals surface area contributed by atoms with Crippen LogP contribution in [0, 0.1) is 12.3 Å². The molecule has 0 aromatic carbocycles. The normalized spacial score (nSPS) is 14.4. The molecule has 0 saturated carbocycles. The second kappa shape index (κ2) is 4.74. The summed E-state index contributed by atoms with van der Waals surface area (Å²) in [5.41, 5.74) is 6.47. The maximum Gasteiger partial charge on any atom is 0.310 e. The SMILES string of the molecule is Cc1cc(CC(C)(CS)C(=O)O)cnc1N. The number of nitrogen functional groups attached to an aromatic ring is 1. The Kier molecular flexibility index (Phi) is 3.80. The molecule has 0 radical (unpaired) electrons. The van der Waals surface area contributed by atoms with Crippen LogP contribution in [-0.2, 0) is 11.2 Å². The first-order valence-corrected chi connectivity index (χ1v) is 5.57. The molecule has 1 unspecified atom stereocenters. The van der Waals surface area contributed by atoms with Crippen LogP contribution in [0.1, 0.15) is 18.1 Å². The van der Waals surface area contributed by atoms with Crippen molar-refractivity contribution >= 4 is 24.4 Å². The number of aryl methyl sites for hydroxylation is 1. The van der Waals surface area contributed by atoms with Gasteiger partial charge in [0.05, 0.1) is 5.41 Å². The third kappa shape index (κ3) is 2.66. The van der Waals surface area contributed by atoms with Gasteiger partial charge in [0.2, 0.25) is 0 Å². The third-order valence-corrected chi connectivity index (χ3v) is 3.33. The van der Waals surface area contributed by atoms with Crippen molar-refractivity contribution in [1.82, 2.24) is 4.98 Å². The Labute approximate surface area is 100 Å². The quantitative estimate of drug-likeness (QED) is 0.698. The highest BCUT2D eigenvalue weighted by Crippen LogP contribution is 2.25. The van der Waals surface area contributed by atoms with Gasteiger partial charge in [-0.3, -0.25) is 4.79 Å². The number of carbonyl (C=O) groups is 1. The van der Waals surface area contributed by atoms with Crippen LogP contribution in [0.15, 0.2) is 12.3 Å². The van der Waals surface area contributed by atoms with Crippen molar-refractivity contribution in [2.24, 2.45) is 5.41 Å². The van der Waals surface area contributed by atoms with Gasteiger partial charge in [-0.15, -0.1) is 0 Å². The van der Waals surface area contributed by atoms with Gasteiger partial charge in [0, 0.05) is 11.9 Å². The van der Waals surface area contributed by atoms with Gasteiger partial charge in [-0.25, -0.2) is 4.98 Å². The fraction of sp³-hybridized carbons (Fsp3) is 0.455. The summed E-state index contributed by atoms with van der Waals surface area (Å²) in [6, 6.07) is 1.87. The minimum absolute atomic E-state index is 0.283. The van der Waals surface area contributed by atoms with E-state index < -0.39 is 11.4 Å². The van der Waals surface area contributed by atoms with Crippen molar-refractivity contribution in [1.29, 1.82) is 0 Å². The number of aromatic nitrogens is 1. The van der Waals surface area contributed by atoms with Crippen LogP contribution in [0.25, 0.3) is 0 Å². The Morgan fingerprint density at radius 3 is 2.75 bits per heavy atom. The molecule has 5 heteroatoms. The number of rotatable bonds is 4. The third-order valence-electron chi connectivity index (χ3n) is 2.63. The minimum Gasteiger partial charge on any atom is -0.481 e. The highest BCUT2D eigenvalue weighted by Gasteiger charge is 2.31. The molecule has 1 aromatic rings. The van der Waals surface area contributed by atoms with Crippen LogP contribution in [0.2, 0.25) is 0 Å². The number of nitrogens with zero attached hydrogens (tertiary/aromatic N) is 1. The monoisotopic (exact) mass is 240 g/mol. The summed E-state index contributed by atoms with van der Waals surface area (Å²) in [5, 5.41) is 9.12. The molecule has 0 spiro atoms. The summed E-state index contributed by atoms with van der Waals surface area (Å²) in [5.74, 6) is -0.0881. The number of hydrogen-bond acceptors (Lipinski definition) is 4. The van der Waals surface area contributed by atoms with Crippen molar-refractivity contribution in [2.75, 3.05) is 11.5 Å². The van der Waals surface area contributed by atoms with E-state index in [4.69, 9.17) is 10.8 Å². The molecule has 0 fully saturated rings. The first kappa shape index (κ1) is 12.8. The second-order valence-electron chi connectivity index (χ2n) is 4.25. The van der Waals surface area contributed by atoms with Crippen molar-refractivity contribution in [3.63, 3.8) is 0 Å². The highest BCUT2D eigenvalue weighted by molar-refractivity contribution is 7.80. The summed E-state index contributed by atoms with van der Waals surface area (Å²) >= 11 is 4.09. The maximum absolute atomic E-state index is 11.1. The minimum atomic E-state index is -0.868. The van der Waals surface area contributed by atoms with E-state index in [2.05, 4.69) is 17.6 Å². The summed E-state index contributed by atoms with van der Waals surface area (Å²) in [6.45, 7) is 3.53. The van der Waals surface area contributed by atoms with Gasteiger partial charge in [0.1, 0.15) is 5.82 Å². The number of carboxylic acid groups (broad SMARTS) is 1. The highest BCUT2D eigenvalue weighted by atomic mass is 32.1. The van der Waals surface area contributed by atoms with Crippen LogP contribution in [0.4, 0.5) is 5.82 Å². The predicted octanol–water partition coefficient (Wildman–Crippen LogP) is 1.54. The number of anilines is 1. The molecule has 0 saturated heterocycles. The molecule has 1 atom stereocenters. The van der Waals surface area contributed by atoms with Crippen LogP contribution in [0.3, 0.4) is 0 Å². The van der Waals surface area contributed by atoms with Crippen LogP contribution >= 0.6 is 12.6 Å². The average molecular weight is 240 g/mol. The smallest absolute Gasteiger partial charge is 0.310 e. The van der Waals surface area contributed by atoms with Crippen molar-refractivity contribution < 1.29 is 9.90 Å². The molecule has 0 amide bonds. The lowest BCUT2D eigenvalue weighted by Crippen LogP contribution is -2.32.